The van der Waals surface area contributed by atoms with Crippen molar-refractivity contribution in [2.24, 2.45) is 0 Å². The maximum absolute atomic E-state index is 11.8. The average molecular weight is 355 g/mol. The van der Waals surface area contributed by atoms with E-state index in [1.165, 1.54) is 0 Å². The van der Waals surface area contributed by atoms with Gasteiger partial charge in [0, 0.05) is 32.5 Å². The summed E-state index contributed by atoms with van der Waals surface area (Å²) >= 11 is 0. The molecule has 0 aliphatic carbocycles. The Labute approximate surface area is 154 Å². The van der Waals surface area contributed by atoms with E-state index in [0.29, 0.717) is 44.9 Å². The summed E-state index contributed by atoms with van der Waals surface area (Å²) in [4.78, 5) is 14.1. The number of benzene rings is 2. The first-order valence-corrected chi connectivity index (χ1v) is 8.99. The van der Waals surface area contributed by atoms with Crippen molar-refractivity contribution in [1.29, 1.82) is 0 Å². The molecule has 138 valence electrons. The van der Waals surface area contributed by atoms with Crippen molar-refractivity contribution in [3.05, 3.63) is 66.2 Å². The van der Waals surface area contributed by atoms with Gasteiger partial charge in [0.05, 0.1) is 13.2 Å². The standard InChI is InChI=1S/C21H25NO4/c23-20(24)21(26-19-9-5-2-6-10-19)11-13-22(14-12-21)15-16-25-17-18-7-3-1-4-8-18/h1-10H,11-17H2,(H,23,24). The molecule has 1 saturated heterocycles. The van der Waals surface area contributed by atoms with Crippen molar-refractivity contribution < 1.29 is 19.4 Å². The van der Waals surface area contributed by atoms with Crippen LogP contribution in [0.1, 0.15) is 18.4 Å². The van der Waals surface area contributed by atoms with Crippen LogP contribution in [-0.2, 0) is 16.1 Å². The van der Waals surface area contributed by atoms with Gasteiger partial charge in [-0.05, 0) is 17.7 Å². The summed E-state index contributed by atoms with van der Waals surface area (Å²) in [5.74, 6) is -0.282. The molecule has 2 aromatic rings. The molecular formula is C21H25NO4. The maximum atomic E-state index is 11.8. The Bertz CT molecular complexity index is 682. The summed E-state index contributed by atoms with van der Waals surface area (Å²) in [5.41, 5.74) is 0.0234. The molecule has 1 heterocycles. The summed E-state index contributed by atoms with van der Waals surface area (Å²) in [6.45, 7) is 3.41. The largest absolute Gasteiger partial charge is 0.478 e. The lowest BCUT2D eigenvalue weighted by Crippen LogP contribution is -2.53. The predicted molar refractivity (Wildman–Crippen MR) is 99.2 cm³/mol. The van der Waals surface area contributed by atoms with Crippen LogP contribution in [0.5, 0.6) is 5.75 Å². The minimum absolute atomic E-state index is 0.468. The molecule has 1 fully saturated rings. The van der Waals surface area contributed by atoms with Crippen LogP contribution < -0.4 is 4.74 Å². The van der Waals surface area contributed by atoms with Crippen LogP contribution in [0.2, 0.25) is 0 Å². The van der Waals surface area contributed by atoms with Gasteiger partial charge in [0.15, 0.2) is 0 Å². The van der Waals surface area contributed by atoms with Gasteiger partial charge in [0.25, 0.3) is 0 Å². The van der Waals surface area contributed by atoms with Crippen molar-refractivity contribution in [3.63, 3.8) is 0 Å². The van der Waals surface area contributed by atoms with E-state index in [9.17, 15) is 9.90 Å². The number of aliphatic carboxylic acids is 1. The lowest BCUT2D eigenvalue weighted by molar-refractivity contribution is -0.159. The van der Waals surface area contributed by atoms with E-state index in [-0.39, 0.29) is 0 Å². The molecule has 1 aliphatic heterocycles. The number of nitrogens with zero attached hydrogens (tertiary/aromatic N) is 1. The highest BCUT2D eigenvalue weighted by Crippen LogP contribution is 2.29. The Morgan fingerprint density at radius 3 is 2.23 bits per heavy atom. The van der Waals surface area contributed by atoms with Gasteiger partial charge >= 0.3 is 5.97 Å². The van der Waals surface area contributed by atoms with E-state index < -0.39 is 11.6 Å². The zero-order chi connectivity index (χ0) is 18.2. The van der Waals surface area contributed by atoms with Crippen LogP contribution >= 0.6 is 0 Å². The van der Waals surface area contributed by atoms with Crippen LogP contribution in [-0.4, -0.2) is 47.8 Å². The second-order valence-corrected chi connectivity index (χ2v) is 6.59. The van der Waals surface area contributed by atoms with E-state index in [1.807, 2.05) is 48.5 Å². The van der Waals surface area contributed by atoms with Gasteiger partial charge in [-0.2, -0.15) is 0 Å². The van der Waals surface area contributed by atoms with Gasteiger partial charge in [0.1, 0.15) is 5.75 Å². The second-order valence-electron chi connectivity index (χ2n) is 6.59. The van der Waals surface area contributed by atoms with Crippen LogP contribution in [0.25, 0.3) is 0 Å². The number of carboxylic acid groups (broad SMARTS) is 1. The first-order valence-electron chi connectivity index (χ1n) is 8.99. The summed E-state index contributed by atoms with van der Waals surface area (Å²) in [5, 5.41) is 9.71. The van der Waals surface area contributed by atoms with Crippen LogP contribution in [0.15, 0.2) is 60.7 Å². The first-order chi connectivity index (χ1) is 12.7. The van der Waals surface area contributed by atoms with Crippen LogP contribution in [0.3, 0.4) is 0 Å². The second kappa shape index (κ2) is 8.83. The lowest BCUT2D eigenvalue weighted by atomic mass is 9.91. The number of hydrogen-bond donors (Lipinski definition) is 1. The quantitative estimate of drug-likeness (QED) is 0.737. The molecule has 26 heavy (non-hydrogen) atoms. The summed E-state index contributed by atoms with van der Waals surface area (Å²) in [6.07, 6.45) is 0.936. The molecule has 5 heteroatoms. The Morgan fingerprint density at radius 1 is 1.00 bits per heavy atom. The number of para-hydroxylation sites is 1. The number of carbonyl (C=O) groups is 1. The SMILES string of the molecule is O=C(O)C1(Oc2ccccc2)CCN(CCOCc2ccccc2)CC1. The van der Waals surface area contributed by atoms with Crippen molar-refractivity contribution in [1.82, 2.24) is 4.90 Å². The number of piperidine rings is 1. The summed E-state index contributed by atoms with van der Waals surface area (Å²) < 4.78 is 11.6. The third-order valence-electron chi connectivity index (χ3n) is 4.77. The van der Waals surface area contributed by atoms with E-state index >= 15 is 0 Å². The predicted octanol–water partition coefficient (Wildman–Crippen LogP) is 3.20. The molecule has 0 unspecified atom stereocenters. The molecule has 0 aromatic heterocycles. The summed E-state index contributed by atoms with van der Waals surface area (Å²) in [6, 6.07) is 19.3. The number of rotatable bonds is 8. The zero-order valence-corrected chi connectivity index (χ0v) is 14.8. The molecule has 0 bridgehead atoms. The fourth-order valence-corrected chi connectivity index (χ4v) is 3.17. The Kier molecular flexibility index (Phi) is 6.26. The van der Waals surface area contributed by atoms with Gasteiger partial charge in [-0.3, -0.25) is 0 Å². The van der Waals surface area contributed by atoms with Crippen LogP contribution in [0, 0.1) is 0 Å². The Morgan fingerprint density at radius 2 is 1.62 bits per heavy atom. The van der Waals surface area contributed by atoms with E-state index in [1.54, 1.807) is 12.1 Å². The highest BCUT2D eigenvalue weighted by molar-refractivity contribution is 5.78. The highest BCUT2D eigenvalue weighted by atomic mass is 16.5. The molecule has 0 amide bonds. The normalized spacial score (nSPS) is 16.9. The molecule has 0 saturated carbocycles. The van der Waals surface area contributed by atoms with Gasteiger partial charge in [-0.25, -0.2) is 4.79 Å². The summed E-state index contributed by atoms with van der Waals surface area (Å²) in [7, 11) is 0. The molecule has 3 rings (SSSR count). The third kappa shape index (κ3) is 4.84. The minimum atomic E-state index is -1.14. The molecule has 1 aliphatic rings. The zero-order valence-electron chi connectivity index (χ0n) is 14.8. The smallest absolute Gasteiger partial charge is 0.348 e. The molecule has 0 spiro atoms. The highest BCUT2D eigenvalue weighted by Gasteiger charge is 2.43. The average Bonchev–Trinajstić information content (AvgIpc) is 2.68. The van der Waals surface area contributed by atoms with E-state index in [4.69, 9.17) is 9.47 Å². The molecule has 0 atom stereocenters. The molecule has 5 nitrogen and oxygen atoms in total. The molecule has 0 radical (unpaired) electrons. The maximum Gasteiger partial charge on any atom is 0.348 e. The lowest BCUT2D eigenvalue weighted by Gasteiger charge is -2.38. The monoisotopic (exact) mass is 355 g/mol. The van der Waals surface area contributed by atoms with Gasteiger partial charge in [-0.15, -0.1) is 0 Å². The number of hydrogen-bond acceptors (Lipinski definition) is 4. The number of ether oxygens (including phenoxy) is 2. The Balaban J connectivity index is 1.45. The van der Waals surface area contributed by atoms with Gasteiger partial charge in [-0.1, -0.05) is 48.5 Å². The van der Waals surface area contributed by atoms with E-state index in [0.717, 1.165) is 12.1 Å². The number of likely N-dealkylation sites (tertiary alicyclic amines) is 1. The first kappa shape index (κ1) is 18.4. The van der Waals surface area contributed by atoms with Crippen molar-refractivity contribution >= 4 is 5.97 Å². The van der Waals surface area contributed by atoms with Crippen molar-refractivity contribution in [2.45, 2.75) is 25.0 Å². The number of carboxylic acids is 1. The minimum Gasteiger partial charge on any atom is -0.478 e. The fraction of sp³-hybridized carbons (Fsp3) is 0.381. The van der Waals surface area contributed by atoms with Crippen LogP contribution in [0.4, 0.5) is 0 Å². The Hall–Kier alpha value is -2.37. The fourth-order valence-electron chi connectivity index (χ4n) is 3.17. The van der Waals surface area contributed by atoms with E-state index in [2.05, 4.69) is 4.90 Å². The topological polar surface area (TPSA) is 59.0 Å². The third-order valence-corrected chi connectivity index (χ3v) is 4.77. The van der Waals surface area contributed by atoms with Gasteiger partial charge in [0.2, 0.25) is 5.60 Å². The van der Waals surface area contributed by atoms with Crippen molar-refractivity contribution in [3.8, 4) is 5.75 Å². The van der Waals surface area contributed by atoms with Crippen molar-refractivity contribution in [2.75, 3.05) is 26.2 Å². The molecule has 1 N–H and O–H groups in total. The molecular weight excluding hydrogens is 330 g/mol. The molecule has 2 aromatic carbocycles. The van der Waals surface area contributed by atoms with Gasteiger partial charge < -0.3 is 19.5 Å².